The van der Waals surface area contributed by atoms with E-state index in [1.165, 1.54) is 7.11 Å². The van der Waals surface area contributed by atoms with Crippen molar-refractivity contribution in [3.63, 3.8) is 0 Å². The molecule has 126 valence electrons. The van der Waals surface area contributed by atoms with Gasteiger partial charge in [0.05, 0.1) is 19.2 Å². The highest BCUT2D eigenvalue weighted by Gasteiger charge is 2.24. The van der Waals surface area contributed by atoms with Gasteiger partial charge in [-0.3, -0.25) is 9.36 Å². The summed E-state index contributed by atoms with van der Waals surface area (Å²) in [6, 6.07) is 6.96. The highest BCUT2D eigenvalue weighted by atomic mass is 32.1. The fourth-order valence-electron chi connectivity index (χ4n) is 2.57. The highest BCUT2D eigenvalue weighted by molar-refractivity contribution is 7.20. The molecule has 8 heteroatoms. The maximum atomic E-state index is 13.0. The minimum absolute atomic E-state index is 0.00279. The van der Waals surface area contributed by atoms with Crippen LogP contribution in [-0.2, 0) is 6.54 Å². The van der Waals surface area contributed by atoms with Crippen molar-refractivity contribution in [1.82, 2.24) is 9.55 Å². The number of methoxy groups -OCH3 is 1. The van der Waals surface area contributed by atoms with Crippen LogP contribution in [0.25, 0.3) is 21.5 Å². The zero-order valence-electron chi connectivity index (χ0n) is 12.9. The van der Waals surface area contributed by atoms with Gasteiger partial charge < -0.3 is 9.84 Å². The van der Waals surface area contributed by atoms with Crippen LogP contribution in [0.15, 0.2) is 29.1 Å². The van der Waals surface area contributed by atoms with Crippen molar-refractivity contribution in [3.05, 3.63) is 40.2 Å². The number of fused-ring (bicyclic) bond motifs is 1. The maximum absolute atomic E-state index is 13.0. The van der Waals surface area contributed by atoms with Gasteiger partial charge in [0.25, 0.3) is 17.2 Å². The number of alkyl halides is 2. The van der Waals surface area contributed by atoms with Gasteiger partial charge in [-0.15, -0.1) is 0 Å². The number of hydrogen-bond acceptors (Lipinski definition) is 5. The van der Waals surface area contributed by atoms with Crippen LogP contribution < -0.4 is 10.3 Å². The Kier molecular flexibility index (Phi) is 4.23. The van der Waals surface area contributed by atoms with Crippen molar-refractivity contribution in [3.8, 4) is 22.1 Å². The number of benzene rings is 1. The first kappa shape index (κ1) is 16.4. The number of rotatable bonds is 4. The van der Waals surface area contributed by atoms with Crippen molar-refractivity contribution in [2.45, 2.75) is 19.9 Å². The molecule has 2 aromatic heterocycles. The van der Waals surface area contributed by atoms with Gasteiger partial charge in [0, 0.05) is 0 Å². The summed E-state index contributed by atoms with van der Waals surface area (Å²) in [6.07, 6.45) is -2.73. The third-order valence-corrected chi connectivity index (χ3v) is 4.68. The number of ether oxygens (including phenoxy) is 1. The Morgan fingerprint density at radius 2 is 2.08 bits per heavy atom. The summed E-state index contributed by atoms with van der Waals surface area (Å²) < 4.78 is 32.1. The summed E-state index contributed by atoms with van der Waals surface area (Å²) in [5, 5.41) is 10.8. The lowest BCUT2D eigenvalue weighted by Crippen LogP contribution is -2.25. The predicted octanol–water partition coefficient (Wildman–Crippen LogP) is 3.41. The molecule has 0 spiro atoms. The molecule has 24 heavy (non-hydrogen) atoms. The minimum Gasteiger partial charge on any atom is -0.505 e. The number of aryl methyl sites for hydroxylation is 1. The van der Waals surface area contributed by atoms with Gasteiger partial charge in [-0.25, -0.2) is 8.78 Å². The first-order valence-electron chi connectivity index (χ1n) is 7.08. The molecular formula is C16H14F2N2O3S. The molecule has 1 N–H and O–H groups in total. The third kappa shape index (κ3) is 2.62. The zero-order valence-corrected chi connectivity index (χ0v) is 13.7. The molecule has 3 rings (SSSR count). The molecule has 0 aliphatic heterocycles. The van der Waals surface area contributed by atoms with Crippen molar-refractivity contribution in [2.24, 2.45) is 0 Å². The van der Waals surface area contributed by atoms with Crippen LogP contribution in [0.3, 0.4) is 0 Å². The Hall–Kier alpha value is -2.48. The predicted molar refractivity (Wildman–Crippen MR) is 88.3 cm³/mol. The maximum Gasteiger partial charge on any atom is 0.275 e. The third-order valence-electron chi connectivity index (χ3n) is 3.67. The fourth-order valence-corrected chi connectivity index (χ4v) is 3.40. The van der Waals surface area contributed by atoms with Crippen molar-refractivity contribution >= 4 is 21.7 Å². The largest absolute Gasteiger partial charge is 0.505 e. The molecule has 5 nitrogen and oxygen atoms in total. The Labute approximate surface area is 139 Å². The molecule has 0 fully saturated rings. The molecule has 0 saturated heterocycles. The topological polar surface area (TPSA) is 64.3 Å². The summed E-state index contributed by atoms with van der Waals surface area (Å²) in [5.41, 5.74) is 0.536. The van der Waals surface area contributed by atoms with Crippen molar-refractivity contribution in [1.29, 1.82) is 0 Å². The Bertz CT molecular complexity index is 966. The number of nitrogens with zero attached hydrogens (tertiary/aromatic N) is 2. The van der Waals surface area contributed by atoms with Gasteiger partial charge in [0.2, 0.25) is 0 Å². The molecule has 0 unspecified atom stereocenters. The summed E-state index contributed by atoms with van der Waals surface area (Å²) in [4.78, 5) is 16.8. The van der Waals surface area contributed by atoms with Crippen molar-refractivity contribution < 1.29 is 18.6 Å². The SMILES string of the molecule is COc1nc2c(s1)c(O)c(-c1ccccc1C)c(=O)n2CC(F)F. The summed E-state index contributed by atoms with van der Waals surface area (Å²) in [5.74, 6) is -0.268. The van der Waals surface area contributed by atoms with Crippen LogP contribution in [0.1, 0.15) is 5.56 Å². The zero-order chi connectivity index (χ0) is 17.4. The lowest BCUT2D eigenvalue weighted by atomic mass is 10.0. The van der Waals surface area contributed by atoms with E-state index in [4.69, 9.17) is 4.74 Å². The lowest BCUT2D eigenvalue weighted by Gasteiger charge is -2.12. The molecule has 0 aliphatic carbocycles. The Balaban J connectivity index is 2.42. The number of halogens is 2. The van der Waals surface area contributed by atoms with E-state index >= 15 is 0 Å². The average molecular weight is 352 g/mol. The van der Waals surface area contributed by atoms with E-state index in [0.29, 0.717) is 5.56 Å². The number of aromatic nitrogens is 2. The summed E-state index contributed by atoms with van der Waals surface area (Å²) >= 11 is 1.00. The minimum atomic E-state index is -2.73. The average Bonchev–Trinajstić information content (AvgIpc) is 2.98. The Morgan fingerprint density at radius 3 is 2.71 bits per heavy atom. The van der Waals surface area contributed by atoms with Crippen LogP contribution in [0.2, 0.25) is 0 Å². The molecule has 0 bridgehead atoms. The first-order valence-corrected chi connectivity index (χ1v) is 7.90. The number of aromatic hydroxyl groups is 1. The normalized spacial score (nSPS) is 11.4. The van der Waals surface area contributed by atoms with Gasteiger partial charge in [-0.05, 0) is 18.1 Å². The molecule has 0 radical (unpaired) electrons. The van der Waals surface area contributed by atoms with E-state index in [9.17, 15) is 18.7 Å². The van der Waals surface area contributed by atoms with Crippen LogP contribution >= 0.6 is 11.3 Å². The van der Waals surface area contributed by atoms with E-state index in [0.717, 1.165) is 21.5 Å². The van der Waals surface area contributed by atoms with Gasteiger partial charge >= 0.3 is 0 Å². The smallest absolute Gasteiger partial charge is 0.275 e. The van der Waals surface area contributed by atoms with E-state index in [2.05, 4.69) is 4.98 Å². The second-order valence-corrected chi connectivity index (χ2v) is 6.14. The second-order valence-electron chi connectivity index (χ2n) is 5.18. The summed E-state index contributed by atoms with van der Waals surface area (Å²) in [6.45, 7) is 0.977. The standard InChI is InChI=1S/C16H14F2N2O3S/c1-8-5-3-4-6-9(8)11-12(21)13-14(19-16(23-2)24-13)20(15(11)22)7-10(17)18/h3-6,10,21H,7H2,1-2H3. The number of thiazole rings is 1. The number of pyridine rings is 1. The lowest BCUT2D eigenvalue weighted by molar-refractivity contribution is 0.126. The van der Waals surface area contributed by atoms with E-state index in [1.807, 2.05) is 0 Å². The molecule has 1 aromatic carbocycles. The fraction of sp³-hybridized carbons (Fsp3) is 0.250. The van der Waals surface area contributed by atoms with Crippen LogP contribution in [-0.4, -0.2) is 28.2 Å². The van der Waals surface area contributed by atoms with Gasteiger partial charge in [-0.2, -0.15) is 4.98 Å². The Morgan fingerprint density at radius 1 is 1.38 bits per heavy atom. The van der Waals surface area contributed by atoms with Crippen molar-refractivity contribution in [2.75, 3.05) is 7.11 Å². The molecule has 0 aliphatic rings. The van der Waals surface area contributed by atoms with Crippen LogP contribution in [0.5, 0.6) is 10.9 Å². The second kappa shape index (κ2) is 6.20. The monoisotopic (exact) mass is 352 g/mol. The van der Waals surface area contributed by atoms with Gasteiger partial charge in [-0.1, -0.05) is 35.6 Å². The van der Waals surface area contributed by atoms with E-state index in [-0.39, 0.29) is 26.9 Å². The molecule has 0 atom stereocenters. The highest BCUT2D eigenvalue weighted by Crippen LogP contribution is 2.39. The summed E-state index contributed by atoms with van der Waals surface area (Å²) in [7, 11) is 1.38. The van der Waals surface area contributed by atoms with Gasteiger partial charge in [0.15, 0.2) is 5.65 Å². The molecule has 3 aromatic rings. The molecule has 0 amide bonds. The number of hydrogen-bond donors (Lipinski definition) is 1. The van der Waals surface area contributed by atoms with Crippen LogP contribution in [0.4, 0.5) is 8.78 Å². The van der Waals surface area contributed by atoms with Crippen LogP contribution in [0, 0.1) is 6.92 Å². The molecule has 2 heterocycles. The molecule has 0 saturated carbocycles. The van der Waals surface area contributed by atoms with E-state index in [1.54, 1.807) is 31.2 Å². The quantitative estimate of drug-likeness (QED) is 0.781. The first-order chi connectivity index (χ1) is 11.4. The molecular weight excluding hydrogens is 338 g/mol. The van der Waals surface area contributed by atoms with Gasteiger partial charge in [0.1, 0.15) is 10.4 Å². The van der Waals surface area contributed by atoms with E-state index < -0.39 is 18.5 Å².